The van der Waals surface area contributed by atoms with Crippen LogP contribution >= 0.6 is 0 Å². The maximum absolute atomic E-state index is 13.4. The van der Waals surface area contributed by atoms with Gasteiger partial charge in [0.1, 0.15) is 0 Å². The third kappa shape index (κ3) is 5.08. The van der Waals surface area contributed by atoms with Gasteiger partial charge in [-0.2, -0.15) is 0 Å². The molecule has 1 amide bonds. The Bertz CT molecular complexity index is 1060. The number of hydrogen-bond acceptors (Lipinski definition) is 5. The molecule has 1 atom stereocenters. The van der Waals surface area contributed by atoms with Gasteiger partial charge in [0.15, 0.2) is 0 Å². The lowest BCUT2D eigenvalue weighted by Gasteiger charge is -2.31. The van der Waals surface area contributed by atoms with E-state index in [1.54, 1.807) is 12.1 Å². The summed E-state index contributed by atoms with van der Waals surface area (Å²) in [5, 5.41) is 3.06. The van der Waals surface area contributed by atoms with Crippen LogP contribution in [0.15, 0.2) is 41.3 Å². The second-order valence-corrected chi connectivity index (χ2v) is 10.3. The molecule has 0 spiro atoms. The summed E-state index contributed by atoms with van der Waals surface area (Å²) in [6.07, 6.45) is 0. The van der Waals surface area contributed by atoms with Crippen LogP contribution in [-0.4, -0.2) is 59.0 Å². The maximum Gasteiger partial charge on any atom is 0.253 e. The van der Waals surface area contributed by atoms with Crippen molar-refractivity contribution in [1.82, 2.24) is 9.62 Å². The van der Waals surface area contributed by atoms with E-state index in [1.807, 2.05) is 32.9 Å². The van der Waals surface area contributed by atoms with Crippen molar-refractivity contribution in [2.75, 3.05) is 45.3 Å². The van der Waals surface area contributed by atoms with Gasteiger partial charge < -0.3 is 15.0 Å². The molecule has 0 aliphatic carbocycles. The van der Waals surface area contributed by atoms with Gasteiger partial charge in [-0.25, -0.2) is 12.7 Å². The Balaban J connectivity index is 1.99. The van der Waals surface area contributed by atoms with Crippen LogP contribution in [0.25, 0.3) is 0 Å². The van der Waals surface area contributed by atoms with E-state index in [4.69, 9.17) is 4.74 Å². The third-order valence-electron chi connectivity index (χ3n) is 5.59. The van der Waals surface area contributed by atoms with E-state index >= 15 is 0 Å². The smallest absolute Gasteiger partial charge is 0.253 e. The van der Waals surface area contributed by atoms with Crippen molar-refractivity contribution in [3.05, 3.63) is 58.7 Å². The Morgan fingerprint density at radius 2 is 1.77 bits per heavy atom. The predicted octanol–water partition coefficient (Wildman–Crippen LogP) is 2.88. The summed E-state index contributed by atoms with van der Waals surface area (Å²) in [5.41, 5.74) is 4.32. The molecule has 8 heteroatoms. The van der Waals surface area contributed by atoms with Gasteiger partial charge in [-0.3, -0.25) is 4.79 Å². The molecule has 1 fully saturated rings. The lowest BCUT2D eigenvalue weighted by atomic mass is 9.99. The highest BCUT2D eigenvalue weighted by molar-refractivity contribution is 7.89. The quantitative estimate of drug-likeness (QED) is 0.740. The molecule has 168 valence electrons. The third-order valence-corrected chi connectivity index (χ3v) is 7.40. The Kier molecular flexibility index (Phi) is 7.03. The van der Waals surface area contributed by atoms with Gasteiger partial charge in [0.05, 0.1) is 29.7 Å². The molecule has 3 rings (SSSR count). The SMILES string of the molecule is Cc1ccc(C)c([C@@H](C)NC(=O)c2cc(S(=O)(=O)N(C)C)ccc2N2CCOCC2)c1. The normalized spacial score (nSPS) is 15.7. The first-order valence-electron chi connectivity index (χ1n) is 10.4. The van der Waals surface area contributed by atoms with Crippen LogP contribution in [0.4, 0.5) is 5.69 Å². The highest BCUT2D eigenvalue weighted by atomic mass is 32.2. The molecule has 1 N–H and O–H groups in total. The average Bonchev–Trinajstić information content (AvgIpc) is 2.75. The molecule has 1 heterocycles. The number of carbonyl (C=O) groups excluding carboxylic acids is 1. The van der Waals surface area contributed by atoms with Gasteiger partial charge >= 0.3 is 0 Å². The van der Waals surface area contributed by atoms with Crippen molar-refractivity contribution in [3.63, 3.8) is 0 Å². The van der Waals surface area contributed by atoms with Crippen molar-refractivity contribution < 1.29 is 17.9 Å². The largest absolute Gasteiger partial charge is 0.378 e. The zero-order chi connectivity index (χ0) is 22.8. The summed E-state index contributed by atoms with van der Waals surface area (Å²) < 4.78 is 31.9. The predicted molar refractivity (Wildman–Crippen MR) is 122 cm³/mol. The molecule has 1 saturated heterocycles. The van der Waals surface area contributed by atoms with Crippen LogP contribution in [0.5, 0.6) is 0 Å². The molecule has 31 heavy (non-hydrogen) atoms. The molecule has 1 aliphatic heterocycles. The van der Waals surface area contributed by atoms with Gasteiger partial charge in [0.2, 0.25) is 10.0 Å². The average molecular weight is 446 g/mol. The lowest BCUT2D eigenvalue weighted by Crippen LogP contribution is -2.38. The monoisotopic (exact) mass is 445 g/mol. The lowest BCUT2D eigenvalue weighted by molar-refractivity contribution is 0.0938. The molecule has 0 bridgehead atoms. The summed E-state index contributed by atoms with van der Waals surface area (Å²) in [6, 6.07) is 10.7. The second kappa shape index (κ2) is 9.38. The molecular formula is C23H31N3O4S. The molecule has 1 aliphatic rings. The minimum absolute atomic E-state index is 0.0963. The standard InChI is InChI=1S/C23H31N3O4S/c1-16-6-7-17(2)20(14-16)18(3)24-23(27)21-15-19(31(28,29)25(4)5)8-9-22(21)26-10-12-30-13-11-26/h6-9,14-15,18H,10-13H2,1-5H3,(H,24,27)/t18-/m1/s1. The molecule has 0 unspecified atom stereocenters. The Labute approximate surface area is 185 Å². The van der Waals surface area contributed by atoms with Gasteiger partial charge in [-0.15, -0.1) is 0 Å². The van der Waals surface area contributed by atoms with Gasteiger partial charge in [0, 0.05) is 32.9 Å². The number of carbonyl (C=O) groups is 1. The van der Waals surface area contributed by atoms with Gasteiger partial charge in [-0.05, 0) is 50.1 Å². The molecule has 0 radical (unpaired) electrons. The van der Waals surface area contributed by atoms with E-state index in [2.05, 4.69) is 16.3 Å². The van der Waals surface area contributed by atoms with Crippen LogP contribution in [-0.2, 0) is 14.8 Å². The van der Waals surface area contributed by atoms with Crippen LogP contribution in [0.2, 0.25) is 0 Å². The highest BCUT2D eigenvalue weighted by Crippen LogP contribution is 2.27. The van der Waals surface area contributed by atoms with Crippen molar-refractivity contribution in [3.8, 4) is 0 Å². The van der Waals surface area contributed by atoms with Crippen LogP contribution < -0.4 is 10.2 Å². The first-order valence-corrected chi connectivity index (χ1v) is 11.8. The highest BCUT2D eigenvalue weighted by Gasteiger charge is 2.25. The van der Waals surface area contributed by atoms with Crippen LogP contribution in [0.1, 0.15) is 40.0 Å². The fraction of sp³-hybridized carbons (Fsp3) is 0.435. The summed E-state index contributed by atoms with van der Waals surface area (Å²) in [6.45, 7) is 8.40. The summed E-state index contributed by atoms with van der Waals surface area (Å²) in [7, 11) is -0.704. The number of nitrogens with one attached hydrogen (secondary N) is 1. The summed E-state index contributed by atoms with van der Waals surface area (Å²) in [4.78, 5) is 15.5. The number of anilines is 1. The van der Waals surface area contributed by atoms with E-state index in [-0.39, 0.29) is 16.8 Å². The van der Waals surface area contributed by atoms with Crippen molar-refractivity contribution in [2.45, 2.75) is 31.7 Å². The fourth-order valence-corrected chi connectivity index (χ4v) is 4.66. The maximum atomic E-state index is 13.4. The minimum Gasteiger partial charge on any atom is -0.378 e. The van der Waals surface area contributed by atoms with E-state index in [0.29, 0.717) is 37.6 Å². The number of morpholine rings is 1. The molecule has 0 aromatic heterocycles. The fourth-order valence-electron chi connectivity index (χ4n) is 3.73. The number of benzene rings is 2. The number of ether oxygens (including phenoxy) is 1. The van der Waals surface area contributed by atoms with Crippen molar-refractivity contribution >= 4 is 21.6 Å². The van der Waals surface area contributed by atoms with E-state index in [9.17, 15) is 13.2 Å². The second-order valence-electron chi connectivity index (χ2n) is 8.12. The molecule has 2 aromatic carbocycles. The van der Waals surface area contributed by atoms with Crippen LogP contribution in [0, 0.1) is 13.8 Å². The number of amides is 1. The number of hydrogen-bond donors (Lipinski definition) is 1. The summed E-state index contributed by atoms with van der Waals surface area (Å²) >= 11 is 0. The Morgan fingerprint density at radius 3 is 2.42 bits per heavy atom. The van der Waals surface area contributed by atoms with Crippen LogP contribution in [0.3, 0.4) is 0 Å². The van der Waals surface area contributed by atoms with Gasteiger partial charge in [-0.1, -0.05) is 23.8 Å². The summed E-state index contributed by atoms with van der Waals surface area (Å²) in [5.74, 6) is -0.300. The number of sulfonamides is 1. The van der Waals surface area contributed by atoms with E-state index in [1.165, 1.54) is 20.2 Å². The van der Waals surface area contributed by atoms with E-state index in [0.717, 1.165) is 21.0 Å². The van der Waals surface area contributed by atoms with Crippen molar-refractivity contribution in [2.24, 2.45) is 0 Å². The zero-order valence-corrected chi connectivity index (χ0v) is 19.6. The minimum atomic E-state index is -3.66. The molecule has 2 aromatic rings. The zero-order valence-electron chi connectivity index (χ0n) is 18.8. The number of aryl methyl sites for hydroxylation is 2. The molecule has 7 nitrogen and oxygen atoms in total. The first kappa shape index (κ1) is 23.2. The number of rotatable bonds is 6. The Hall–Kier alpha value is -2.42. The topological polar surface area (TPSA) is 79.0 Å². The number of nitrogens with zero attached hydrogens (tertiary/aromatic N) is 2. The molecular weight excluding hydrogens is 414 g/mol. The first-order chi connectivity index (χ1) is 14.6. The van der Waals surface area contributed by atoms with Crippen molar-refractivity contribution in [1.29, 1.82) is 0 Å². The Morgan fingerprint density at radius 1 is 1.10 bits per heavy atom. The van der Waals surface area contributed by atoms with Gasteiger partial charge in [0.25, 0.3) is 5.91 Å². The van der Waals surface area contributed by atoms with E-state index < -0.39 is 10.0 Å². The molecule has 0 saturated carbocycles.